The van der Waals surface area contributed by atoms with Crippen LogP contribution in [0.3, 0.4) is 0 Å². The fourth-order valence-corrected chi connectivity index (χ4v) is 6.86. The van der Waals surface area contributed by atoms with E-state index in [2.05, 4.69) is 41.9 Å². The van der Waals surface area contributed by atoms with Crippen LogP contribution in [0, 0.1) is 18.8 Å². The highest BCUT2D eigenvalue weighted by molar-refractivity contribution is 5.98. The molecule has 0 radical (unpaired) electrons. The number of anilines is 1. The lowest BCUT2D eigenvalue weighted by Gasteiger charge is -2.28. The zero-order chi connectivity index (χ0) is 35.0. The molecular weight excluding hydrogens is 634 g/mol. The summed E-state index contributed by atoms with van der Waals surface area (Å²) >= 11 is 0. The highest BCUT2D eigenvalue weighted by Gasteiger charge is 2.30. The largest absolute Gasteiger partial charge is 0.496 e. The molecule has 3 amide bonds. The highest BCUT2D eigenvalue weighted by Crippen LogP contribution is 2.34. The molecule has 262 valence electrons. The third-order valence-corrected chi connectivity index (χ3v) is 9.82. The summed E-state index contributed by atoms with van der Waals surface area (Å²) in [6.07, 6.45) is 4.46. The molecule has 13 heteroatoms. The van der Waals surface area contributed by atoms with E-state index in [0.29, 0.717) is 35.3 Å². The number of H-pyrrole nitrogens is 1. The normalized spacial score (nSPS) is 19.4. The lowest BCUT2D eigenvalue weighted by Crippen LogP contribution is -2.48. The molecule has 7 N–H and O–H groups in total. The smallest absolute Gasteiger partial charge is 0.251 e. The number of amides is 3. The molecule has 2 aliphatic rings. The van der Waals surface area contributed by atoms with Crippen molar-refractivity contribution in [1.29, 1.82) is 0 Å². The van der Waals surface area contributed by atoms with E-state index in [1.807, 2.05) is 43.3 Å². The van der Waals surface area contributed by atoms with E-state index in [0.717, 1.165) is 73.0 Å². The lowest BCUT2D eigenvalue weighted by atomic mass is 9.81. The molecule has 1 aliphatic carbocycles. The van der Waals surface area contributed by atoms with Crippen LogP contribution in [-0.2, 0) is 16.0 Å². The van der Waals surface area contributed by atoms with Gasteiger partial charge in [0, 0.05) is 47.3 Å². The maximum Gasteiger partial charge on any atom is 0.251 e. The van der Waals surface area contributed by atoms with Crippen molar-refractivity contribution in [2.24, 2.45) is 17.6 Å². The monoisotopic (exact) mass is 679 g/mol. The van der Waals surface area contributed by atoms with Crippen LogP contribution in [0.1, 0.15) is 53.6 Å². The van der Waals surface area contributed by atoms with Gasteiger partial charge in [-0.15, -0.1) is 10.2 Å². The Morgan fingerprint density at radius 1 is 0.980 bits per heavy atom. The summed E-state index contributed by atoms with van der Waals surface area (Å²) in [5, 5.41) is 26.5. The van der Waals surface area contributed by atoms with Gasteiger partial charge in [0.15, 0.2) is 0 Å². The molecule has 50 heavy (non-hydrogen) atoms. The van der Waals surface area contributed by atoms with E-state index in [4.69, 9.17) is 10.5 Å². The molecular formula is C37H45N9O4. The molecule has 0 bridgehead atoms. The van der Waals surface area contributed by atoms with Crippen LogP contribution in [0.25, 0.3) is 22.5 Å². The number of tetrazole rings is 1. The second-order valence-electron chi connectivity index (χ2n) is 13.2. The first-order valence-corrected chi connectivity index (χ1v) is 17.3. The molecule has 13 nitrogen and oxygen atoms in total. The average Bonchev–Trinajstić information content (AvgIpc) is 3.87. The van der Waals surface area contributed by atoms with Crippen LogP contribution in [0.5, 0.6) is 5.75 Å². The number of aryl methyl sites for hydroxylation is 1. The molecule has 1 saturated heterocycles. The van der Waals surface area contributed by atoms with Crippen LogP contribution in [0.15, 0.2) is 60.7 Å². The Morgan fingerprint density at radius 3 is 2.44 bits per heavy atom. The molecule has 1 aromatic heterocycles. The number of aromatic nitrogens is 4. The van der Waals surface area contributed by atoms with Crippen molar-refractivity contribution >= 4 is 23.4 Å². The number of aromatic amines is 1. The summed E-state index contributed by atoms with van der Waals surface area (Å²) in [5.74, 6) is 0.819. The van der Waals surface area contributed by atoms with Gasteiger partial charge in [-0.05, 0) is 128 Å². The van der Waals surface area contributed by atoms with Crippen molar-refractivity contribution in [3.05, 3.63) is 77.4 Å². The topological polar surface area (TPSA) is 189 Å². The number of nitrogens with one attached hydrogen (secondary N) is 5. The molecule has 2 heterocycles. The quantitative estimate of drug-likeness (QED) is 0.130. The highest BCUT2D eigenvalue weighted by atomic mass is 16.5. The van der Waals surface area contributed by atoms with E-state index in [9.17, 15) is 14.4 Å². The number of ether oxygens (including phenoxy) is 1. The number of benzene rings is 3. The van der Waals surface area contributed by atoms with Crippen LogP contribution >= 0.6 is 0 Å². The molecule has 2 unspecified atom stereocenters. The van der Waals surface area contributed by atoms with Crippen molar-refractivity contribution < 1.29 is 19.1 Å². The Labute approximate surface area is 291 Å². The number of carbonyl (C=O) groups is 3. The first kappa shape index (κ1) is 34.7. The fraction of sp³-hybridized carbons (Fsp3) is 0.405. The number of carbonyl (C=O) groups excluding carboxylic acids is 3. The van der Waals surface area contributed by atoms with Gasteiger partial charge in [-0.1, -0.05) is 12.1 Å². The van der Waals surface area contributed by atoms with Gasteiger partial charge in [0.05, 0.1) is 7.11 Å². The third kappa shape index (κ3) is 8.35. The van der Waals surface area contributed by atoms with Crippen LogP contribution in [-0.4, -0.2) is 77.2 Å². The molecule has 2 atom stereocenters. The Bertz CT molecular complexity index is 1780. The minimum absolute atomic E-state index is 0.0976. The van der Waals surface area contributed by atoms with Crippen LogP contribution in [0.2, 0.25) is 0 Å². The molecule has 1 aliphatic heterocycles. The lowest BCUT2D eigenvalue weighted by molar-refractivity contribution is -0.130. The van der Waals surface area contributed by atoms with Gasteiger partial charge in [-0.2, -0.15) is 5.21 Å². The number of nitrogens with zero attached hydrogens (tertiary/aromatic N) is 3. The number of nitrogens with two attached hydrogens (primary N) is 1. The third-order valence-electron chi connectivity index (χ3n) is 9.82. The van der Waals surface area contributed by atoms with Gasteiger partial charge in [-0.3, -0.25) is 14.4 Å². The zero-order valence-corrected chi connectivity index (χ0v) is 28.5. The van der Waals surface area contributed by atoms with Crippen molar-refractivity contribution in [2.75, 3.05) is 32.1 Å². The van der Waals surface area contributed by atoms with Gasteiger partial charge in [0.2, 0.25) is 17.6 Å². The molecule has 2 fully saturated rings. The van der Waals surface area contributed by atoms with Gasteiger partial charge in [0.25, 0.3) is 5.91 Å². The molecule has 3 aromatic carbocycles. The van der Waals surface area contributed by atoms with Crippen molar-refractivity contribution in [1.82, 2.24) is 36.6 Å². The van der Waals surface area contributed by atoms with Gasteiger partial charge >= 0.3 is 0 Å². The van der Waals surface area contributed by atoms with Crippen LogP contribution < -0.4 is 31.7 Å². The van der Waals surface area contributed by atoms with Gasteiger partial charge < -0.3 is 31.7 Å². The first-order valence-electron chi connectivity index (χ1n) is 17.3. The minimum Gasteiger partial charge on any atom is -0.496 e. The van der Waals surface area contributed by atoms with Crippen LogP contribution in [0.4, 0.5) is 5.69 Å². The van der Waals surface area contributed by atoms with Gasteiger partial charge in [-0.25, -0.2) is 0 Å². The SMILES string of the molecule is COc1ccc(CC(NC(=O)C2CCC(CN)CC2)C(=O)Nc2ccc(-c3nn[nH]n3)cc2)cc1-c1ccc(C(=O)NC2CCNC2)cc1C. The zero-order valence-electron chi connectivity index (χ0n) is 28.5. The second-order valence-corrected chi connectivity index (χ2v) is 13.2. The van der Waals surface area contributed by atoms with E-state index in [-0.39, 0.29) is 36.1 Å². The molecule has 0 spiro atoms. The first-order chi connectivity index (χ1) is 24.3. The molecule has 1 saturated carbocycles. The van der Waals surface area contributed by atoms with Crippen molar-refractivity contribution in [3.8, 4) is 28.3 Å². The summed E-state index contributed by atoms with van der Waals surface area (Å²) < 4.78 is 5.75. The van der Waals surface area contributed by atoms with E-state index in [1.54, 1.807) is 31.4 Å². The summed E-state index contributed by atoms with van der Waals surface area (Å²) in [4.78, 5) is 40.4. The van der Waals surface area contributed by atoms with Crippen molar-refractivity contribution in [3.63, 3.8) is 0 Å². The average molecular weight is 680 g/mol. The Morgan fingerprint density at radius 2 is 1.78 bits per heavy atom. The predicted octanol–water partition coefficient (Wildman–Crippen LogP) is 3.37. The maximum atomic E-state index is 13.9. The Balaban J connectivity index is 1.22. The fourth-order valence-electron chi connectivity index (χ4n) is 6.86. The summed E-state index contributed by atoms with van der Waals surface area (Å²) in [6, 6.07) is 17.8. The molecule has 6 rings (SSSR count). The summed E-state index contributed by atoms with van der Waals surface area (Å²) in [6.45, 7) is 4.26. The standard InChI is InChI=1S/C37H45N9O4/c1-22-17-27(36(48)41-29-15-16-39-21-29)10-13-30(22)31-18-24(5-14-33(31)50-2)19-32(42-35(47)26-6-3-23(20-38)4-7-26)37(49)40-28-11-8-25(9-12-28)34-43-45-46-44-34/h5,8-14,17-18,23,26,29,32,39H,3-4,6-7,15-16,19-21,38H2,1-2H3,(H,40,49)(H,41,48)(H,42,47)(H,43,44,45,46). The maximum absolute atomic E-state index is 13.9. The number of rotatable bonds is 12. The van der Waals surface area contributed by atoms with E-state index in [1.165, 1.54) is 0 Å². The summed E-state index contributed by atoms with van der Waals surface area (Å²) in [5.41, 5.74) is 11.3. The van der Waals surface area contributed by atoms with E-state index >= 15 is 0 Å². The number of methoxy groups -OCH3 is 1. The predicted molar refractivity (Wildman–Crippen MR) is 190 cm³/mol. The number of hydrogen-bond acceptors (Lipinski definition) is 9. The second kappa shape index (κ2) is 16.0. The van der Waals surface area contributed by atoms with E-state index < -0.39 is 6.04 Å². The molecule has 4 aromatic rings. The number of hydrogen-bond donors (Lipinski definition) is 6. The minimum atomic E-state index is -0.842. The Hall–Kier alpha value is -5.14. The summed E-state index contributed by atoms with van der Waals surface area (Å²) in [7, 11) is 1.62. The Kier molecular flexibility index (Phi) is 11.1. The van der Waals surface area contributed by atoms with Gasteiger partial charge in [0.1, 0.15) is 11.8 Å². The van der Waals surface area contributed by atoms with Crippen molar-refractivity contribution in [2.45, 2.75) is 57.5 Å².